The maximum absolute atomic E-state index is 12.2. The van der Waals surface area contributed by atoms with Gasteiger partial charge in [0.2, 0.25) is 0 Å². The van der Waals surface area contributed by atoms with Crippen LogP contribution in [0.5, 0.6) is 0 Å². The van der Waals surface area contributed by atoms with Crippen LogP contribution in [0, 0.1) is 34.5 Å². The number of aliphatic hydroxyl groups excluding tert-OH is 3. The van der Waals surface area contributed by atoms with Crippen molar-refractivity contribution in [3.63, 3.8) is 0 Å². The summed E-state index contributed by atoms with van der Waals surface area (Å²) in [6.45, 7) is 6.73. The molecule has 0 bridgehead atoms. The van der Waals surface area contributed by atoms with Gasteiger partial charge in [-0.15, -0.1) is 0 Å². The SMILES string of the molecule is CC1=CC(=O)CC2CC[C@H]3[C@@H]4CC[C@H](O[C@@H]5O[C@H](C(=O)O)[C@@H](O)[C@H](O)[C@H]5O)[C@@]4(C)CC[C@@H]3[C@@]12C. The van der Waals surface area contributed by atoms with Crippen LogP contribution < -0.4 is 0 Å². The van der Waals surface area contributed by atoms with Gasteiger partial charge in [0.1, 0.15) is 18.3 Å². The number of hydrogen-bond acceptors (Lipinski definition) is 7. The molecule has 5 aliphatic rings. The summed E-state index contributed by atoms with van der Waals surface area (Å²) in [5, 5.41) is 40.0. The molecule has 0 aromatic heterocycles. The van der Waals surface area contributed by atoms with E-state index in [0.717, 1.165) is 38.5 Å². The molecule has 1 saturated heterocycles. The van der Waals surface area contributed by atoms with Gasteiger partial charge in [-0.05, 0) is 86.0 Å². The molecule has 5 rings (SSSR count). The van der Waals surface area contributed by atoms with Crippen molar-refractivity contribution in [2.75, 3.05) is 0 Å². The molecule has 12 atom stereocenters. The zero-order chi connectivity index (χ0) is 24.6. The van der Waals surface area contributed by atoms with Crippen molar-refractivity contribution in [3.05, 3.63) is 11.6 Å². The fourth-order valence-corrected chi connectivity index (χ4v) is 8.56. The summed E-state index contributed by atoms with van der Waals surface area (Å²) in [6, 6.07) is 0. The van der Waals surface area contributed by atoms with E-state index in [9.17, 15) is 30.0 Å². The smallest absolute Gasteiger partial charge is 0.335 e. The van der Waals surface area contributed by atoms with Crippen molar-refractivity contribution >= 4 is 11.8 Å². The minimum Gasteiger partial charge on any atom is -0.479 e. The van der Waals surface area contributed by atoms with Gasteiger partial charge in [-0.2, -0.15) is 0 Å². The van der Waals surface area contributed by atoms with E-state index in [2.05, 4.69) is 20.8 Å². The van der Waals surface area contributed by atoms with E-state index < -0.39 is 36.7 Å². The minimum atomic E-state index is -1.72. The maximum Gasteiger partial charge on any atom is 0.335 e. The first-order valence-corrected chi connectivity index (χ1v) is 12.8. The molecular formula is C26H38O8. The second-order valence-corrected chi connectivity index (χ2v) is 11.9. The Morgan fingerprint density at radius 1 is 1.03 bits per heavy atom. The molecule has 34 heavy (non-hydrogen) atoms. The van der Waals surface area contributed by atoms with E-state index in [-0.39, 0.29) is 22.7 Å². The molecule has 4 N–H and O–H groups in total. The number of carbonyl (C=O) groups excluding carboxylic acids is 1. The van der Waals surface area contributed by atoms with Crippen molar-refractivity contribution in [1.29, 1.82) is 0 Å². The van der Waals surface area contributed by atoms with Crippen LogP contribution in [0.15, 0.2) is 11.6 Å². The lowest BCUT2D eigenvalue weighted by Crippen LogP contribution is -2.61. The van der Waals surface area contributed by atoms with Gasteiger partial charge in [0.05, 0.1) is 6.10 Å². The van der Waals surface area contributed by atoms with Gasteiger partial charge in [0.15, 0.2) is 18.2 Å². The van der Waals surface area contributed by atoms with E-state index in [1.807, 2.05) is 6.08 Å². The lowest BCUT2D eigenvalue weighted by molar-refractivity contribution is -0.313. The Kier molecular flexibility index (Phi) is 6.00. The number of aliphatic hydroxyl groups is 3. The Balaban J connectivity index is 1.35. The number of allylic oxidation sites excluding steroid dienone is 2. The van der Waals surface area contributed by atoms with Crippen LogP contribution in [0.2, 0.25) is 0 Å². The molecule has 0 amide bonds. The predicted molar refractivity (Wildman–Crippen MR) is 120 cm³/mol. The summed E-state index contributed by atoms with van der Waals surface area (Å²) in [6.07, 6.45) is 0.356. The molecule has 1 heterocycles. The van der Waals surface area contributed by atoms with Gasteiger partial charge in [-0.3, -0.25) is 4.79 Å². The highest BCUT2D eigenvalue weighted by Gasteiger charge is 2.61. The predicted octanol–water partition coefficient (Wildman–Crippen LogP) is 2.04. The molecule has 1 aliphatic heterocycles. The molecule has 8 nitrogen and oxygen atoms in total. The zero-order valence-corrected chi connectivity index (χ0v) is 20.2. The van der Waals surface area contributed by atoms with Crippen molar-refractivity contribution in [2.24, 2.45) is 34.5 Å². The molecule has 190 valence electrons. The first kappa shape index (κ1) is 24.4. The van der Waals surface area contributed by atoms with E-state index in [4.69, 9.17) is 9.47 Å². The summed E-state index contributed by atoms with van der Waals surface area (Å²) in [5.41, 5.74) is 1.13. The Morgan fingerprint density at radius 2 is 1.76 bits per heavy atom. The summed E-state index contributed by atoms with van der Waals surface area (Å²) >= 11 is 0. The Hall–Kier alpha value is -1.32. The summed E-state index contributed by atoms with van der Waals surface area (Å²) in [4.78, 5) is 23.7. The number of carboxylic acid groups (broad SMARTS) is 1. The fraction of sp³-hybridized carbons (Fsp3) is 0.846. The van der Waals surface area contributed by atoms with Crippen LogP contribution in [0.3, 0.4) is 0 Å². The van der Waals surface area contributed by atoms with Gasteiger partial charge < -0.3 is 29.9 Å². The molecular weight excluding hydrogens is 440 g/mol. The van der Waals surface area contributed by atoms with Gasteiger partial charge in [0, 0.05) is 6.42 Å². The van der Waals surface area contributed by atoms with Crippen molar-refractivity contribution in [1.82, 2.24) is 0 Å². The third-order valence-corrected chi connectivity index (χ3v) is 10.6. The fourth-order valence-electron chi connectivity index (χ4n) is 8.56. The third-order valence-electron chi connectivity index (χ3n) is 10.6. The first-order valence-electron chi connectivity index (χ1n) is 12.8. The Morgan fingerprint density at radius 3 is 2.47 bits per heavy atom. The molecule has 8 heteroatoms. The molecule has 0 spiro atoms. The van der Waals surface area contributed by atoms with Crippen LogP contribution in [0.4, 0.5) is 0 Å². The number of carboxylic acids is 1. The second kappa shape index (κ2) is 8.37. The maximum atomic E-state index is 12.2. The summed E-state index contributed by atoms with van der Waals surface area (Å²) in [7, 11) is 0. The molecule has 0 radical (unpaired) electrons. The number of hydrogen-bond donors (Lipinski definition) is 4. The first-order chi connectivity index (χ1) is 16.0. The molecule has 0 aromatic rings. The van der Waals surface area contributed by atoms with Crippen LogP contribution >= 0.6 is 0 Å². The van der Waals surface area contributed by atoms with Crippen LogP contribution in [0.25, 0.3) is 0 Å². The quantitative estimate of drug-likeness (QED) is 0.484. The van der Waals surface area contributed by atoms with E-state index in [1.165, 1.54) is 5.57 Å². The van der Waals surface area contributed by atoms with E-state index in [1.54, 1.807) is 0 Å². The number of fused-ring (bicyclic) bond motifs is 5. The molecule has 1 unspecified atom stereocenters. The third kappa shape index (κ3) is 3.44. The highest BCUT2D eigenvalue weighted by atomic mass is 16.7. The van der Waals surface area contributed by atoms with Gasteiger partial charge in [-0.1, -0.05) is 19.4 Å². The summed E-state index contributed by atoms with van der Waals surface area (Å²) < 4.78 is 11.6. The van der Waals surface area contributed by atoms with Crippen molar-refractivity contribution < 1.29 is 39.5 Å². The second-order valence-electron chi connectivity index (χ2n) is 11.9. The molecule has 0 aromatic carbocycles. The molecule has 4 aliphatic carbocycles. The zero-order valence-electron chi connectivity index (χ0n) is 20.2. The van der Waals surface area contributed by atoms with Crippen LogP contribution in [-0.4, -0.2) is 69.0 Å². The average Bonchev–Trinajstić information content (AvgIpc) is 3.11. The van der Waals surface area contributed by atoms with Crippen LogP contribution in [0.1, 0.15) is 65.7 Å². The topological polar surface area (TPSA) is 134 Å². The number of aliphatic carboxylic acids is 1. The lowest BCUT2D eigenvalue weighted by Gasteiger charge is -2.60. The number of rotatable bonds is 3. The van der Waals surface area contributed by atoms with Crippen LogP contribution in [-0.2, 0) is 19.1 Å². The Labute approximate surface area is 200 Å². The number of ketones is 1. The van der Waals surface area contributed by atoms with Gasteiger partial charge >= 0.3 is 5.97 Å². The van der Waals surface area contributed by atoms with Crippen molar-refractivity contribution in [2.45, 2.75) is 103 Å². The Bertz CT molecular complexity index is 886. The summed E-state index contributed by atoms with van der Waals surface area (Å²) in [5.74, 6) is 0.759. The van der Waals surface area contributed by atoms with E-state index in [0.29, 0.717) is 30.1 Å². The minimum absolute atomic E-state index is 0.0503. The monoisotopic (exact) mass is 478 g/mol. The van der Waals surface area contributed by atoms with Gasteiger partial charge in [-0.25, -0.2) is 4.79 Å². The van der Waals surface area contributed by atoms with Crippen molar-refractivity contribution in [3.8, 4) is 0 Å². The van der Waals surface area contributed by atoms with E-state index >= 15 is 0 Å². The highest BCUT2D eigenvalue weighted by Crippen LogP contribution is 2.66. The normalized spacial score (nSPS) is 52.9. The number of ether oxygens (including phenoxy) is 2. The standard InChI is InChI=1S/C26H38O8/c1-12-10-14(27)11-13-4-5-15-16-6-7-18(25(16,2)9-8-17(15)26(12,13)3)33-24-21(30)19(28)20(29)22(34-24)23(31)32/h10,13,15-22,24,28-30H,4-9,11H2,1-3H3,(H,31,32)/t13?,15-,16-,17-,18-,19-,20-,21+,22-,24+,25-,26-/m0/s1. The number of carbonyl (C=O) groups is 2. The lowest BCUT2D eigenvalue weighted by atomic mass is 9.45. The highest BCUT2D eigenvalue weighted by molar-refractivity contribution is 5.91. The molecule has 4 fully saturated rings. The molecule has 3 saturated carbocycles. The average molecular weight is 479 g/mol. The van der Waals surface area contributed by atoms with Gasteiger partial charge in [0.25, 0.3) is 0 Å². The largest absolute Gasteiger partial charge is 0.479 e.